The molecule has 0 radical (unpaired) electrons. The Labute approximate surface area is 268 Å². The summed E-state index contributed by atoms with van der Waals surface area (Å²) in [6.45, 7) is 10.1. The zero-order chi connectivity index (χ0) is 27.5. The molecule has 0 saturated heterocycles. The first-order valence-corrected chi connectivity index (χ1v) is 17.1. The molecule has 0 rings (SSSR count). The summed E-state index contributed by atoms with van der Waals surface area (Å²) in [5, 5.41) is 0. The Balaban J connectivity index is -0.00000648. The average Bonchev–Trinajstić information content (AvgIpc) is 2.87. The van der Waals surface area contributed by atoms with Gasteiger partial charge < -0.3 is 16.2 Å². The molecule has 4 N–H and O–H groups in total. The molecule has 0 atom stereocenters. The van der Waals surface area contributed by atoms with Crippen molar-refractivity contribution in [3.05, 3.63) is 0 Å². The number of ether oxygens (including phenoxy) is 1. The molecule has 0 amide bonds. The maximum absolute atomic E-state index is 6.77. The maximum Gasteiger partial charge on any atom is 0.0856 e. The van der Waals surface area contributed by atoms with E-state index in [4.69, 9.17) is 16.2 Å². The van der Waals surface area contributed by atoms with Gasteiger partial charge in [-0.25, -0.2) is 0 Å². The van der Waals surface area contributed by atoms with E-state index < -0.39 is 0 Å². The number of hydrogen-bond acceptors (Lipinski definition) is 3. The van der Waals surface area contributed by atoms with Crippen LogP contribution in [0, 0.1) is 0 Å². The van der Waals surface area contributed by atoms with E-state index in [1.807, 2.05) is 0 Å². The van der Waals surface area contributed by atoms with Crippen molar-refractivity contribution in [2.75, 3.05) is 13.2 Å². The van der Waals surface area contributed by atoms with Gasteiger partial charge in [0.25, 0.3) is 0 Å². The molecule has 0 aliphatic carbocycles. The van der Waals surface area contributed by atoms with Crippen LogP contribution in [0.1, 0.15) is 195 Å². The van der Waals surface area contributed by atoms with E-state index in [1.54, 1.807) is 0 Å². The van der Waals surface area contributed by atoms with E-state index in [2.05, 4.69) is 27.7 Å². The topological polar surface area (TPSA) is 61.3 Å². The van der Waals surface area contributed by atoms with Crippen LogP contribution >= 0.6 is 34.0 Å². The number of nitrogens with two attached hydrogens (primary N) is 2. The zero-order valence-electron chi connectivity index (χ0n) is 27.2. The van der Waals surface area contributed by atoms with Gasteiger partial charge in [0, 0.05) is 12.1 Å². The van der Waals surface area contributed by atoms with Gasteiger partial charge in [-0.2, -0.15) is 0 Å². The van der Waals surface area contributed by atoms with Gasteiger partial charge in [0.15, 0.2) is 0 Å². The molecule has 39 heavy (non-hydrogen) atoms. The standard InChI is InChI=1S/C34H72N2O.2BrH/c1-5-7-9-11-13-15-17-19-21-23-25-27-29-34(33(3,4)36,37-32-31-35)30-28-26-24-22-20-18-16-14-12-10-8-6-2;;/h5-32,35-36H2,1-4H3;2*1H. The smallest absolute Gasteiger partial charge is 0.0856 e. The lowest BCUT2D eigenvalue weighted by atomic mass is 9.75. The van der Waals surface area contributed by atoms with Gasteiger partial charge in [0.2, 0.25) is 0 Å². The highest BCUT2D eigenvalue weighted by molar-refractivity contribution is 8.93. The molecule has 0 aromatic rings. The largest absolute Gasteiger partial charge is 0.372 e. The SMILES string of the molecule is Br.Br.CCCCCCCCCCCCCCC(CCCCCCCCCCCCCC)(OCCN)C(C)(C)N. The van der Waals surface area contributed by atoms with Gasteiger partial charge >= 0.3 is 0 Å². The van der Waals surface area contributed by atoms with Crippen molar-refractivity contribution in [2.24, 2.45) is 11.5 Å². The molecule has 0 aliphatic rings. The monoisotopic (exact) mass is 684 g/mol. The fourth-order valence-corrected chi connectivity index (χ4v) is 5.86. The minimum Gasteiger partial charge on any atom is -0.372 e. The first kappa shape index (κ1) is 44.3. The Bertz CT molecular complexity index is 429. The Morgan fingerprint density at radius 1 is 0.462 bits per heavy atom. The highest BCUT2D eigenvalue weighted by Crippen LogP contribution is 2.35. The molecule has 0 aromatic heterocycles. The van der Waals surface area contributed by atoms with Crippen molar-refractivity contribution >= 4 is 34.0 Å². The Kier molecular flexibility index (Phi) is 36.1. The predicted molar refractivity (Wildman–Crippen MR) is 188 cm³/mol. The molecule has 5 heteroatoms. The van der Waals surface area contributed by atoms with Crippen LogP contribution in [-0.2, 0) is 4.74 Å². The molecule has 3 nitrogen and oxygen atoms in total. The van der Waals surface area contributed by atoms with E-state index in [9.17, 15) is 0 Å². The second-order valence-corrected chi connectivity index (χ2v) is 12.6. The van der Waals surface area contributed by atoms with Crippen molar-refractivity contribution in [2.45, 2.75) is 206 Å². The van der Waals surface area contributed by atoms with Crippen molar-refractivity contribution in [1.29, 1.82) is 0 Å². The molecule has 0 saturated carbocycles. The summed E-state index contributed by atoms with van der Waals surface area (Å²) in [5.41, 5.74) is 12.0. The highest BCUT2D eigenvalue weighted by Gasteiger charge is 2.42. The van der Waals surface area contributed by atoms with Crippen LogP contribution in [0.2, 0.25) is 0 Å². The van der Waals surface area contributed by atoms with E-state index in [-0.39, 0.29) is 45.1 Å². The Morgan fingerprint density at radius 3 is 0.949 bits per heavy atom. The quantitative estimate of drug-likeness (QED) is 0.0740. The second kappa shape index (κ2) is 31.8. The lowest BCUT2D eigenvalue weighted by Crippen LogP contribution is -2.58. The molecule has 0 aromatic carbocycles. The van der Waals surface area contributed by atoms with Crippen LogP contribution in [0.15, 0.2) is 0 Å². The molecule has 240 valence electrons. The van der Waals surface area contributed by atoms with Gasteiger partial charge in [0.05, 0.1) is 12.2 Å². The lowest BCUT2D eigenvalue weighted by molar-refractivity contribution is -0.100. The van der Waals surface area contributed by atoms with Crippen LogP contribution in [0.3, 0.4) is 0 Å². The predicted octanol–water partition coefficient (Wildman–Crippen LogP) is 11.8. The third-order valence-corrected chi connectivity index (χ3v) is 8.54. The summed E-state index contributed by atoms with van der Waals surface area (Å²) in [6, 6.07) is 0. The van der Waals surface area contributed by atoms with E-state index in [1.165, 1.54) is 154 Å². The first-order chi connectivity index (χ1) is 17.9. The van der Waals surface area contributed by atoms with Crippen molar-refractivity contribution in [3.8, 4) is 0 Å². The molecule has 0 spiro atoms. The summed E-state index contributed by atoms with van der Waals surface area (Å²) in [4.78, 5) is 0. The minimum absolute atomic E-state index is 0. The molecule has 0 unspecified atom stereocenters. The lowest BCUT2D eigenvalue weighted by Gasteiger charge is -2.45. The van der Waals surface area contributed by atoms with Crippen LogP contribution in [0.25, 0.3) is 0 Å². The second-order valence-electron chi connectivity index (χ2n) is 12.6. The molecule has 0 fully saturated rings. The summed E-state index contributed by atoms with van der Waals surface area (Å²) in [7, 11) is 0. The normalized spacial score (nSPS) is 11.8. The van der Waals surface area contributed by atoms with E-state index in [0.717, 1.165) is 12.8 Å². The molecule has 0 aliphatic heterocycles. The van der Waals surface area contributed by atoms with Crippen LogP contribution in [0.5, 0.6) is 0 Å². The van der Waals surface area contributed by atoms with Gasteiger partial charge in [-0.05, 0) is 26.7 Å². The third kappa shape index (κ3) is 26.2. The molecule has 0 heterocycles. The van der Waals surface area contributed by atoms with Gasteiger partial charge in [0.1, 0.15) is 0 Å². The number of rotatable bonds is 30. The van der Waals surface area contributed by atoms with Crippen molar-refractivity contribution < 1.29 is 4.74 Å². The first-order valence-electron chi connectivity index (χ1n) is 17.1. The van der Waals surface area contributed by atoms with Crippen molar-refractivity contribution in [3.63, 3.8) is 0 Å². The van der Waals surface area contributed by atoms with Gasteiger partial charge in [-0.15, -0.1) is 34.0 Å². The number of halogens is 2. The third-order valence-electron chi connectivity index (χ3n) is 8.54. The maximum atomic E-state index is 6.77. The van der Waals surface area contributed by atoms with Gasteiger partial charge in [-0.3, -0.25) is 0 Å². The number of unbranched alkanes of at least 4 members (excludes halogenated alkanes) is 22. The Morgan fingerprint density at radius 2 is 0.718 bits per heavy atom. The molecular weight excluding hydrogens is 612 g/mol. The summed E-state index contributed by atoms with van der Waals surface area (Å²) < 4.78 is 6.49. The van der Waals surface area contributed by atoms with Crippen LogP contribution in [-0.4, -0.2) is 24.3 Å². The van der Waals surface area contributed by atoms with Crippen LogP contribution in [0.4, 0.5) is 0 Å². The average molecular weight is 687 g/mol. The Hall–Kier alpha value is 0.840. The fourth-order valence-electron chi connectivity index (χ4n) is 5.86. The summed E-state index contributed by atoms with van der Waals surface area (Å²) in [6.07, 6.45) is 35.3. The van der Waals surface area contributed by atoms with Crippen LogP contribution < -0.4 is 11.5 Å². The minimum atomic E-state index is -0.336. The summed E-state index contributed by atoms with van der Waals surface area (Å²) in [5.74, 6) is 0. The fraction of sp³-hybridized carbons (Fsp3) is 1.00. The zero-order valence-corrected chi connectivity index (χ0v) is 30.6. The molecule has 0 bridgehead atoms. The molecular formula is C34H74Br2N2O. The van der Waals surface area contributed by atoms with E-state index in [0.29, 0.717) is 13.2 Å². The highest BCUT2D eigenvalue weighted by atomic mass is 79.9. The van der Waals surface area contributed by atoms with Gasteiger partial charge in [-0.1, -0.05) is 168 Å². The number of hydrogen-bond donors (Lipinski definition) is 2. The van der Waals surface area contributed by atoms with E-state index >= 15 is 0 Å². The van der Waals surface area contributed by atoms with Crippen molar-refractivity contribution in [1.82, 2.24) is 0 Å². The summed E-state index contributed by atoms with van der Waals surface area (Å²) >= 11 is 0.